The van der Waals surface area contributed by atoms with Crippen LogP contribution < -0.4 is 16.0 Å². The van der Waals surface area contributed by atoms with E-state index in [2.05, 4.69) is 15.4 Å². The Hall–Kier alpha value is -1.36. The average molecular weight is 222 g/mol. The maximum Gasteiger partial charge on any atom is 0.219 e. The van der Waals surface area contributed by atoms with E-state index >= 15 is 0 Å². The second-order valence-corrected chi connectivity index (χ2v) is 4.16. The van der Waals surface area contributed by atoms with E-state index in [1.165, 1.54) is 19.3 Å². The number of rotatable bonds is 3. The number of nitrogens with two attached hydrogens (primary N) is 1. The maximum absolute atomic E-state index is 5.83. The third-order valence-electron chi connectivity index (χ3n) is 2.80. The summed E-state index contributed by atoms with van der Waals surface area (Å²) in [6.07, 6.45) is 6.35. The summed E-state index contributed by atoms with van der Waals surface area (Å²) in [5, 5.41) is 0. The highest BCUT2D eigenvalue weighted by Crippen LogP contribution is 2.23. The Morgan fingerprint density at radius 3 is 2.75 bits per heavy atom. The van der Waals surface area contributed by atoms with E-state index in [0.717, 1.165) is 12.8 Å². The van der Waals surface area contributed by atoms with Crippen molar-refractivity contribution in [3.63, 3.8) is 0 Å². The van der Waals surface area contributed by atoms with Crippen molar-refractivity contribution in [1.82, 2.24) is 9.97 Å². The van der Waals surface area contributed by atoms with Gasteiger partial charge in [-0.3, -0.25) is 0 Å². The van der Waals surface area contributed by atoms with Crippen molar-refractivity contribution >= 4 is 5.82 Å². The first kappa shape index (κ1) is 11.1. The lowest BCUT2D eigenvalue weighted by Crippen LogP contribution is -2.20. The summed E-state index contributed by atoms with van der Waals surface area (Å²) in [5.41, 5.74) is 2.51. The Morgan fingerprint density at radius 2 is 2.06 bits per heavy atom. The van der Waals surface area contributed by atoms with E-state index in [0.29, 0.717) is 23.6 Å². The minimum absolute atomic E-state index is 0.300. The molecule has 0 spiro atoms. The molecule has 1 aliphatic rings. The van der Waals surface area contributed by atoms with Crippen LogP contribution in [0.4, 0.5) is 5.82 Å². The van der Waals surface area contributed by atoms with Gasteiger partial charge in [-0.2, -0.15) is 4.98 Å². The standard InChI is InChI=1S/C11H18N4O/c1-8-13-10(15-12)7-11(14-8)16-9-5-3-2-4-6-9/h7,9H,2-6,12H2,1H3,(H,13,14,15). The molecule has 0 bridgehead atoms. The van der Waals surface area contributed by atoms with Crippen LogP contribution in [0.15, 0.2) is 6.07 Å². The molecule has 1 saturated carbocycles. The number of nitrogen functional groups attached to an aromatic ring is 1. The van der Waals surface area contributed by atoms with Gasteiger partial charge in [0.25, 0.3) is 0 Å². The number of nitrogens with one attached hydrogen (secondary N) is 1. The highest BCUT2D eigenvalue weighted by molar-refractivity contribution is 5.36. The van der Waals surface area contributed by atoms with Crippen molar-refractivity contribution in [2.24, 2.45) is 5.84 Å². The predicted octanol–water partition coefficient (Wildman–Crippen LogP) is 1.78. The molecule has 0 radical (unpaired) electrons. The molecule has 2 rings (SSSR count). The molecule has 1 aromatic heterocycles. The Balaban J connectivity index is 2.04. The molecule has 1 fully saturated rings. The minimum Gasteiger partial charge on any atom is -0.474 e. The lowest BCUT2D eigenvalue weighted by molar-refractivity contribution is 0.148. The molecule has 0 saturated heterocycles. The molecule has 1 aromatic rings. The predicted molar refractivity (Wildman–Crippen MR) is 62.1 cm³/mol. The quantitative estimate of drug-likeness (QED) is 0.602. The molecular formula is C11H18N4O. The van der Waals surface area contributed by atoms with E-state index in [4.69, 9.17) is 10.6 Å². The van der Waals surface area contributed by atoms with Crippen LogP contribution in [0.25, 0.3) is 0 Å². The van der Waals surface area contributed by atoms with Crippen molar-refractivity contribution in [1.29, 1.82) is 0 Å². The smallest absolute Gasteiger partial charge is 0.219 e. The van der Waals surface area contributed by atoms with Gasteiger partial charge in [0, 0.05) is 6.07 Å². The van der Waals surface area contributed by atoms with Crippen LogP contribution in [0, 0.1) is 6.92 Å². The molecule has 0 aromatic carbocycles. The van der Waals surface area contributed by atoms with Gasteiger partial charge in [0.1, 0.15) is 17.7 Å². The normalized spacial score (nSPS) is 17.1. The number of nitrogens with zero attached hydrogens (tertiary/aromatic N) is 2. The summed E-state index contributed by atoms with van der Waals surface area (Å²) in [5.74, 6) is 7.21. The lowest BCUT2D eigenvalue weighted by Gasteiger charge is -2.22. The maximum atomic E-state index is 5.83. The summed E-state index contributed by atoms with van der Waals surface area (Å²) >= 11 is 0. The number of hydrogen-bond donors (Lipinski definition) is 2. The zero-order chi connectivity index (χ0) is 11.4. The van der Waals surface area contributed by atoms with Crippen molar-refractivity contribution < 1.29 is 4.74 Å². The summed E-state index contributed by atoms with van der Waals surface area (Å²) in [6.45, 7) is 1.83. The van der Waals surface area contributed by atoms with Gasteiger partial charge in [-0.1, -0.05) is 6.42 Å². The molecule has 88 valence electrons. The third kappa shape index (κ3) is 2.82. The van der Waals surface area contributed by atoms with Crippen molar-refractivity contribution in [2.45, 2.75) is 45.1 Å². The molecular weight excluding hydrogens is 204 g/mol. The molecule has 1 aliphatic carbocycles. The Kier molecular flexibility index (Phi) is 3.56. The zero-order valence-electron chi connectivity index (χ0n) is 9.57. The Bertz CT molecular complexity index is 350. The van der Waals surface area contributed by atoms with Crippen molar-refractivity contribution in [3.8, 4) is 5.88 Å². The number of ether oxygens (including phenoxy) is 1. The molecule has 0 unspecified atom stereocenters. The highest BCUT2D eigenvalue weighted by Gasteiger charge is 2.15. The van der Waals surface area contributed by atoms with Gasteiger partial charge in [-0.15, -0.1) is 0 Å². The van der Waals surface area contributed by atoms with Crippen LogP contribution in [0.1, 0.15) is 37.9 Å². The van der Waals surface area contributed by atoms with Crippen LogP contribution in [0.2, 0.25) is 0 Å². The number of aryl methyl sites for hydroxylation is 1. The van der Waals surface area contributed by atoms with Gasteiger partial charge < -0.3 is 10.2 Å². The molecule has 3 N–H and O–H groups in total. The van der Waals surface area contributed by atoms with Gasteiger partial charge >= 0.3 is 0 Å². The number of hydrazine groups is 1. The number of hydrogen-bond acceptors (Lipinski definition) is 5. The fourth-order valence-corrected chi connectivity index (χ4v) is 2.03. The fourth-order valence-electron chi connectivity index (χ4n) is 2.03. The minimum atomic E-state index is 0.300. The first-order chi connectivity index (χ1) is 7.78. The first-order valence-corrected chi connectivity index (χ1v) is 5.77. The van der Waals surface area contributed by atoms with Crippen LogP contribution in [0.3, 0.4) is 0 Å². The molecule has 5 nitrogen and oxygen atoms in total. The van der Waals surface area contributed by atoms with Gasteiger partial charge in [0.05, 0.1) is 0 Å². The Morgan fingerprint density at radius 1 is 1.31 bits per heavy atom. The first-order valence-electron chi connectivity index (χ1n) is 5.77. The van der Waals surface area contributed by atoms with Crippen LogP contribution in [-0.2, 0) is 0 Å². The van der Waals surface area contributed by atoms with E-state index < -0.39 is 0 Å². The van der Waals surface area contributed by atoms with E-state index in [1.54, 1.807) is 6.07 Å². The largest absolute Gasteiger partial charge is 0.474 e. The van der Waals surface area contributed by atoms with E-state index in [9.17, 15) is 0 Å². The highest BCUT2D eigenvalue weighted by atomic mass is 16.5. The van der Waals surface area contributed by atoms with Crippen molar-refractivity contribution in [2.75, 3.05) is 5.43 Å². The van der Waals surface area contributed by atoms with Gasteiger partial charge in [0.2, 0.25) is 5.88 Å². The molecule has 0 aliphatic heterocycles. The number of anilines is 1. The van der Waals surface area contributed by atoms with Gasteiger partial charge in [0.15, 0.2) is 0 Å². The van der Waals surface area contributed by atoms with Crippen LogP contribution >= 0.6 is 0 Å². The Labute approximate surface area is 95.4 Å². The molecule has 0 atom stereocenters. The summed E-state index contributed by atoms with van der Waals surface area (Å²) < 4.78 is 5.83. The molecule has 0 amide bonds. The topological polar surface area (TPSA) is 73.1 Å². The fraction of sp³-hybridized carbons (Fsp3) is 0.636. The summed E-state index contributed by atoms with van der Waals surface area (Å²) in [4.78, 5) is 8.37. The zero-order valence-corrected chi connectivity index (χ0v) is 9.57. The second-order valence-electron chi connectivity index (χ2n) is 4.16. The molecule has 5 heteroatoms. The molecule has 16 heavy (non-hydrogen) atoms. The van der Waals surface area contributed by atoms with Gasteiger partial charge in [-0.25, -0.2) is 10.8 Å². The monoisotopic (exact) mass is 222 g/mol. The number of aromatic nitrogens is 2. The summed E-state index contributed by atoms with van der Waals surface area (Å²) in [7, 11) is 0. The summed E-state index contributed by atoms with van der Waals surface area (Å²) in [6, 6.07) is 1.74. The van der Waals surface area contributed by atoms with E-state index in [-0.39, 0.29) is 0 Å². The molecule has 1 heterocycles. The van der Waals surface area contributed by atoms with Gasteiger partial charge in [-0.05, 0) is 32.6 Å². The van der Waals surface area contributed by atoms with Crippen molar-refractivity contribution in [3.05, 3.63) is 11.9 Å². The SMILES string of the molecule is Cc1nc(NN)cc(OC2CCCCC2)n1. The van der Waals surface area contributed by atoms with Crippen LogP contribution in [0.5, 0.6) is 5.88 Å². The lowest BCUT2D eigenvalue weighted by atomic mass is 9.98. The average Bonchev–Trinajstić information content (AvgIpc) is 2.29. The van der Waals surface area contributed by atoms with E-state index in [1.807, 2.05) is 6.92 Å². The second kappa shape index (κ2) is 5.12. The third-order valence-corrected chi connectivity index (χ3v) is 2.80. The van der Waals surface area contributed by atoms with Crippen LogP contribution in [-0.4, -0.2) is 16.1 Å².